The van der Waals surface area contributed by atoms with E-state index in [0.717, 1.165) is 18.9 Å². The Morgan fingerprint density at radius 1 is 1.46 bits per heavy atom. The van der Waals surface area contributed by atoms with E-state index >= 15 is 0 Å². The first kappa shape index (κ1) is 16.9. The number of ether oxygens (including phenoxy) is 1. The van der Waals surface area contributed by atoms with Crippen LogP contribution in [0.25, 0.3) is 5.69 Å². The maximum Gasteiger partial charge on any atom is 0.341 e. The second-order valence-corrected chi connectivity index (χ2v) is 7.27. The highest BCUT2D eigenvalue weighted by Crippen LogP contribution is 2.43. The van der Waals surface area contributed by atoms with Gasteiger partial charge in [0, 0.05) is 5.92 Å². The zero-order valence-electron chi connectivity index (χ0n) is 12.8. The first-order chi connectivity index (χ1) is 11.3. The third-order valence-electron chi connectivity index (χ3n) is 3.71. The second-order valence-electron chi connectivity index (χ2n) is 5.44. The fourth-order valence-electron chi connectivity index (χ4n) is 2.49. The van der Waals surface area contributed by atoms with Crippen LogP contribution in [-0.2, 0) is 14.9 Å². The molecule has 128 valence electrons. The summed E-state index contributed by atoms with van der Waals surface area (Å²) < 4.78 is 38.1. The van der Waals surface area contributed by atoms with Crippen molar-refractivity contribution in [2.45, 2.75) is 30.6 Å². The van der Waals surface area contributed by atoms with E-state index in [4.69, 9.17) is 20.9 Å². The third kappa shape index (κ3) is 3.17. The van der Waals surface area contributed by atoms with Gasteiger partial charge in [-0.3, -0.25) is 4.55 Å². The summed E-state index contributed by atoms with van der Waals surface area (Å²) in [5.74, 6) is -0.263. The van der Waals surface area contributed by atoms with Crippen LogP contribution in [0.3, 0.4) is 0 Å². The quantitative estimate of drug-likeness (QED) is 0.641. The fraction of sp³-hybridized carbons (Fsp3) is 0.333. The number of rotatable bonds is 5. The number of carbonyl (C=O) groups is 1. The summed E-state index contributed by atoms with van der Waals surface area (Å²) in [4.78, 5) is 11.8. The summed E-state index contributed by atoms with van der Waals surface area (Å²) in [5.41, 5.74) is 1.52. The molecular formula is C15H15ClN2O5S. The smallest absolute Gasteiger partial charge is 0.341 e. The first-order valence-electron chi connectivity index (χ1n) is 7.35. The molecule has 0 saturated heterocycles. The van der Waals surface area contributed by atoms with Crippen molar-refractivity contribution in [3.63, 3.8) is 0 Å². The second kappa shape index (κ2) is 6.19. The lowest BCUT2D eigenvalue weighted by Crippen LogP contribution is -2.09. The molecule has 0 unspecified atom stereocenters. The summed E-state index contributed by atoms with van der Waals surface area (Å²) in [7, 11) is -4.34. The largest absolute Gasteiger partial charge is 0.462 e. The fourth-order valence-corrected chi connectivity index (χ4v) is 3.32. The number of carbonyl (C=O) groups excluding carboxylic acids is 1. The molecule has 0 radical (unpaired) electrons. The Kier molecular flexibility index (Phi) is 4.37. The molecule has 1 aliphatic carbocycles. The molecule has 0 amide bonds. The Balaban J connectivity index is 2.09. The van der Waals surface area contributed by atoms with Crippen molar-refractivity contribution in [3.8, 4) is 5.69 Å². The minimum atomic E-state index is -4.34. The van der Waals surface area contributed by atoms with Crippen molar-refractivity contribution in [2.24, 2.45) is 0 Å². The van der Waals surface area contributed by atoms with Gasteiger partial charge in [-0.15, -0.1) is 0 Å². The van der Waals surface area contributed by atoms with Crippen molar-refractivity contribution in [1.29, 1.82) is 0 Å². The van der Waals surface area contributed by atoms with Gasteiger partial charge in [0.05, 0.1) is 34.1 Å². The molecule has 2 aromatic rings. The van der Waals surface area contributed by atoms with Crippen LogP contribution in [0.4, 0.5) is 0 Å². The van der Waals surface area contributed by atoms with Crippen LogP contribution in [0, 0.1) is 0 Å². The van der Waals surface area contributed by atoms with Gasteiger partial charge in [-0.25, -0.2) is 9.48 Å². The standard InChI is InChI=1S/C15H15ClN2O5S/c1-2-23-15(19)11-8-17-18(14(11)9-3-4-9)13-6-5-10(7-12(13)16)24(20,21)22/h5-9H,2-4H2,1H3,(H,20,21,22). The minimum Gasteiger partial charge on any atom is -0.462 e. The van der Waals surface area contributed by atoms with Crippen LogP contribution in [0.5, 0.6) is 0 Å². The highest BCUT2D eigenvalue weighted by Gasteiger charge is 2.34. The predicted octanol–water partition coefficient (Wildman–Crippen LogP) is 2.83. The molecule has 1 fully saturated rings. The van der Waals surface area contributed by atoms with E-state index in [1.54, 1.807) is 6.92 Å². The molecule has 0 aliphatic heterocycles. The van der Waals surface area contributed by atoms with Crippen molar-refractivity contribution < 1.29 is 22.5 Å². The van der Waals surface area contributed by atoms with Crippen LogP contribution < -0.4 is 0 Å². The van der Waals surface area contributed by atoms with E-state index < -0.39 is 16.1 Å². The number of nitrogens with zero attached hydrogens (tertiary/aromatic N) is 2. The van der Waals surface area contributed by atoms with Crippen LogP contribution in [0.1, 0.15) is 41.7 Å². The molecule has 0 spiro atoms. The van der Waals surface area contributed by atoms with Crippen LogP contribution in [0.15, 0.2) is 29.3 Å². The van der Waals surface area contributed by atoms with Gasteiger partial charge in [-0.1, -0.05) is 11.6 Å². The van der Waals surface area contributed by atoms with Crippen LogP contribution in [0.2, 0.25) is 5.02 Å². The van der Waals surface area contributed by atoms with Crippen LogP contribution >= 0.6 is 11.6 Å². The summed E-state index contributed by atoms with van der Waals surface area (Å²) >= 11 is 6.16. The van der Waals surface area contributed by atoms with Crippen LogP contribution in [-0.4, -0.2) is 35.3 Å². The number of esters is 1. The van der Waals surface area contributed by atoms with Crippen molar-refractivity contribution in [3.05, 3.63) is 40.7 Å². The van der Waals surface area contributed by atoms with Crippen molar-refractivity contribution >= 4 is 27.7 Å². The molecule has 0 bridgehead atoms. The van der Waals surface area contributed by atoms with Gasteiger partial charge in [0.2, 0.25) is 0 Å². The molecule has 1 heterocycles. The van der Waals surface area contributed by atoms with Gasteiger partial charge in [0.1, 0.15) is 5.56 Å². The van der Waals surface area contributed by atoms with Gasteiger partial charge in [-0.2, -0.15) is 13.5 Å². The van der Waals surface area contributed by atoms with Gasteiger partial charge in [-0.05, 0) is 38.0 Å². The maximum atomic E-state index is 12.1. The molecule has 1 aliphatic rings. The van der Waals surface area contributed by atoms with E-state index in [0.29, 0.717) is 16.9 Å². The average molecular weight is 371 g/mol. The predicted molar refractivity (Wildman–Crippen MR) is 86.3 cm³/mol. The highest BCUT2D eigenvalue weighted by atomic mass is 35.5. The molecule has 24 heavy (non-hydrogen) atoms. The van der Waals surface area contributed by atoms with E-state index in [9.17, 15) is 13.2 Å². The zero-order valence-corrected chi connectivity index (χ0v) is 14.3. The molecular weight excluding hydrogens is 356 g/mol. The number of hydrogen-bond donors (Lipinski definition) is 1. The first-order valence-corrected chi connectivity index (χ1v) is 9.17. The normalized spacial score (nSPS) is 14.6. The molecule has 1 N–H and O–H groups in total. The number of benzene rings is 1. The van der Waals surface area contributed by atoms with Gasteiger partial charge < -0.3 is 4.74 Å². The Morgan fingerprint density at radius 3 is 2.71 bits per heavy atom. The molecule has 1 aromatic heterocycles. The SMILES string of the molecule is CCOC(=O)c1cnn(-c2ccc(S(=O)(=O)O)cc2Cl)c1C1CC1. The van der Waals surface area contributed by atoms with Gasteiger partial charge in [0.15, 0.2) is 0 Å². The van der Waals surface area contributed by atoms with Crippen molar-refractivity contribution in [2.75, 3.05) is 6.61 Å². The lowest BCUT2D eigenvalue weighted by atomic mass is 10.1. The monoisotopic (exact) mass is 370 g/mol. The summed E-state index contributed by atoms with van der Waals surface area (Å²) in [6, 6.07) is 3.83. The van der Waals surface area contributed by atoms with Crippen molar-refractivity contribution in [1.82, 2.24) is 9.78 Å². The van der Waals surface area contributed by atoms with E-state index in [1.807, 2.05) is 0 Å². The molecule has 9 heteroatoms. The lowest BCUT2D eigenvalue weighted by molar-refractivity contribution is 0.0525. The molecule has 1 saturated carbocycles. The van der Waals surface area contributed by atoms with Gasteiger partial charge >= 0.3 is 5.97 Å². The topological polar surface area (TPSA) is 98.5 Å². The molecule has 1 aromatic carbocycles. The molecule has 0 atom stereocenters. The summed E-state index contributed by atoms with van der Waals surface area (Å²) in [6.07, 6.45) is 3.29. The minimum absolute atomic E-state index is 0.102. The Labute approximate surface area is 143 Å². The number of halogens is 1. The molecule has 3 rings (SSSR count). The lowest BCUT2D eigenvalue weighted by Gasteiger charge is -2.11. The van der Waals surface area contributed by atoms with E-state index in [-0.39, 0.29) is 22.4 Å². The maximum absolute atomic E-state index is 12.1. The van der Waals surface area contributed by atoms with Gasteiger partial charge in [0.25, 0.3) is 10.1 Å². The van der Waals surface area contributed by atoms with E-state index in [2.05, 4.69) is 5.10 Å². The Bertz CT molecular complexity index is 903. The number of aromatic nitrogens is 2. The average Bonchev–Trinajstić information content (AvgIpc) is 3.25. The Morgan fingerprint density at radius 2 is 2.17 bits per heavy atom. The van der Waals surface area contributed by atoms with E-state index in [1.165, 1.54) is 23.0 Å². The highest BCUT2D eigenvalue weighted by molar-refractivity contribution is 7.85. The Hall–Kier alpha value is -1.90. The third-order valence-corrected chi connectivity index (χ3v) is 4.86. The molecule has 7 nitrogen and oxygen atoms in total. The summed E-state index contributed by atoms with van der Waals surface area (Å²) in [6.45, 7) is 1.99. The number of hydrogen-bond acceptors (Lipinski definition) is 5. The summed E-state index contributed by atoms with van der Waals surface area (Å²) in [5, 5.41) is 4.33. The zero-order chi connectivity index (χ0) is 17.5.